The molecule has 3 N–H and O–H groups in total. The minimum absolute atomic E-state index is 0.0433. The summed E-state index contributed by atoms with van der Waals surface area (Å²) < 4.78 is 1.43. The van der Waals surface area contributed by atoms with Gasteiger partial charge in [0.2, 0.25) is 11.9 Å². The van der Waals surface area contributed by atoms with Crippen molar-refractivity contribution >= 4 is 11.9 Å². The van der Waals surface area contributed by atoms with Crippen molar-refractivity contribution in [2.24, 2.45) is 5.73 Å². The molecule has 0 saturated carbocycles. The van der Waals surface area contributed by atoms with Crippen molar-refractivity contribution in [3.63, 3.8) is 0 Å². The first kappa shape index (κ1) is 13.1. The molecular formula is C11H15N7O. The first-order chi connectivity index (χ1) is 9.19. The Balaban J connectivity index is 1.94. The summed E-state index contributed by atoms with van der Waals surface area (Å²) >= 11 is 0. The lowest BCUT2D eigenvalue weighted by Gasteiger charge is -2.03. The van der Waals surface area contributed by atoms with Crippen molar-refractivity contribution < 1.29 is 4.79 Å². The summed E-state index contributed by atoms with van der Waals surface area (Å²) in [6.45, 7) is 2.00. The van der Waals surface area contributed by atoms with Crippen LogP contribution in [0.1, 0.15) is 25.1 Å². The van der Waals surface area contributed by atoms with Crippen LogP contribution in [-0.4, -0.2) is 30.9 Å². The predicted molar refractivity (Wildman–Crippen MR) is 67.9 cm³/mol. The predicted octanol–water partition coefficient (Wildman–Crippen LogP) is 0.117. The molecule has 1 atom stereocenters. The van der Waals surface area contributed by atoms with Gasteiger partial charge in [0, 0.05) is 12.4 Å². The molecule has 0 radical (unpaired) electrons. The third-order valence-corrected chi connectivity index (χ3v) is 2.50. The molecule has 0 spiro atoms. The van der Waals surface area contributed by atoms with Gasteiger partial charge in [0.15, 0.2) is 0 Å². The van der Waals surface area contributed by atoms with Gasteiger partial charge < -0.3 is 5.73 Å². The summed E-state index contributed by atoms with van der Waals surface area (Å²) in [7, 11) is 0. The Hall–Kier alpha value is -2.35. The zero-order valence-electron chi connectivity index (χ0n) is 10.5. The van der Waals surface area contributed by atoms with E-state index in [1.807, 2.05) is 6.92 Å². The van der Waals surface area contributed by atoms with E-state index in [4.69, 9.17) is 5.73 Å². The molecule has 19 heavy (non-hydrogen) atoms. The van der Waals surface area contributed by atoms with Gasteiger partial charge >= 0.3 is 0 Å². The standard InChI is InChI=1S/C11H15N7O/c1-2-8(12)9-6-18(17-16-9)7-10(19)15-11-13-4-3-5-14-11/h3-6,8H,2,7,12H2,1H3,(H,13,14,15,19). The number of carbonyl (C=O) groups excluding carboxylic acids is 1. The van der Waals surface area contributed by atoms with E-state index in [1.54, 1.807) is 24.7 Å². The van der Waals surface area contributed by atoms with Gasteiger partial charge in [0.25, 0.3) is 0 Å². The third kappa shape index (κ3) is 3.55. The van der Waals surface area contributed by atoms with E-state index in [0.717, 1.165) is 6.42 Å². The molecule has 1 amide bonds. The first-order valence-corrected chi connectivity index (χ1v) is 5.91. The van der Waals surface area contributed by atoms with Crippen LogP contribution in [0.2, 0.25) is 0 Å². The van der Waals surface area contributed by atoms with Crippen LogP contribution in [0, 0.1) is 0 Å². The number of anilines is 1. The lowest BCUT2D eigenvalue weighted by Crippen LogP contribution is -2.20. The number of nitrogens with zero attached hydrogens (tertiary/aromatic N) is 5. The molecule has 1 unspecified atom stereocenters. The van der Waals surface area contributed by atoms with Crippen LogP contribution in [-0.2, 0) is 11.3 Å². The topological polar surface area (TPSA) is 112 Å². The van der Waals surface area contributed by atoms with Crippen molar-refractivity contribution in [1.82, 2.24) is 25.0 Å². The SMILES string of the molecule is CCC(N)c1cn(CC(=O)Nc2ncccn2)nn1. The van der Waals surface area contributed by atoms with Gasteiger partial charge in [-0.25, -0.2) is 14.6 Å². The summed E-state index contributed by atoms with van der Waals surface area (Å²) in [6.07, 6.45) is 5.54. The molecule has 0 aromatic carbocycles. The number of amides is 1. The highest BCUT2D eigenvalue weighted by atomic mass is 16.2. The van der Waals surface area contributed by atoms with Crippen LogP contribution in [0.25, 0.3) is 0 Å². The molecule has 0 saturated heterocycles. The molecule has 0 bridgehead atoms. The number of aromatic nitrogens is 5. The van der Waals surface area contributed by atoms with E-state index in [9.17, 15) is 4.79 Å². The molecule has 0 aliphatic heterocycles. The van der Waals surface area contributed by atoms with Crippen molar-refractivity contribution in [2.45, 2.75) is 25.9 Å². The number of hydrogen-bond donors (Lipinski definition) is 2. The van der Waals surface area contributed by atoms with Gasteiger partial charge in [0.1, 0.15) is 6.54 Å². The number of rotatable bonds is 5. The molecule has 0 aliphatic rings. The third-order valence-electron chi connectivity index (χ3n) is 2.50. The monoisotopic (exact) mass is 261 g/mol. The van der Waals surface area contributed by atoms with Gasteiger partial charge in [-0.3, -0.25) is 10.1 Å². The van der Waals surface area contributed by atoms with E-state index < -0.39 is 0 Å². The van der Waals surface area contributed by atoms with Crippen molar-refractivity contribution in [3.8, 4) is 0 Å². The highest BCUT2D eigenvalue weighted by molar-refractivity contribution is 5.88. The Morgan fingerprint density at radius 3 is 2.89 bits per heavy atom. The zero-order chi connectivity index (χ0) is 13.7. The van der Waals surface area contributed by atoms with Crippen molar-refractivity contribution in [2.75, 3.05) is 5.32 Å². The maximum absolute atomic E-state index is 11.7. The normalized spacial score (nSPS) is 12.1. The second-order valence-corrected chi connectivity index (χ2v) is 3.98. The average Bonchev–Trinajstić information content (AvgIpc) is 2.87. The zero-order valence-corrected chi connectivity index (χ0v) is 10.5. The van der Waals surface area contributed by atoms with E-state index in [1.165, 1.54) is 4.68 Å². The van der Waals surface area contributed by atoms with E-state index in [0.29, 0.717) is 5.69 Å². The second-order valence-electron chi connectivity index (χ2n) is 3.98. The summed E-state index contributed by atoms with van der Waals surface area (Å²) in [6, 6.07) is 1.51. The number of nitrogens with one attached hydrogen (secondary N) is 1. The van der Waals surface area contributed by atoms with Gasteiger partial charge in [-0.15, -0.1) is 5.10 Å². The van der Waals surface area contributed by atoms with E-state index >= 15 is 0 Å². The smallest absolute Gasteiger partial charge is 0.248 e. The fourth-order valence-electron chi connectivity index (χ4n) is 1.44. The minimum Gasteiger partial charge on any atom is -0.323 e. The molecular weight excluding hydrogens is 246 g/mol. The van der Waals surface area contributed by atoms with E-state index in [2.05, 4.69) is 25.6 Å². The number of hydrogen-bond acceptors (Lipinski definition) is 6. The molecule has 0 aliphatic carbocycles. The molecule has 8 heteroatoms. The Morgan fingerprint density at radius 1 is 1.47 bits per heavy atom. The Labute approximate surface area is 110 Å². The van der Waals surface area contributed by atoms with Crippen LogP contribution in [0.3, 0.4) is 0 Å². The van der Waals surface area contributed by atoms with E-state index in [-0.39, 0.29) is 24.4 Å². The number of nitrogens with two attached hydrogens (primary N) is 1. The summed E-state index contributed by atoms with van der Waals surface area (Å²) in [5.74, 6) is -0.00850. The molecule has 2 rings (SSSR count). The minimum atomic E-state index is -0.271. The maximum Gasteiger partial charge on any atom is 0.248 e. The summed E-state index contributed by atoms with van der Waals surface area (Å²) in [4.78, 5) is 19.5. The lowest BCUT2D eigenvalue weighted by atomic mass is 10.2. The molecule has 8 nitrogen and oxygen atoms in total. The fraction of sp³-hybridized carbons (Fsp3) is 0.364. The molecule has 2 aromatic rings. The Morgan fingerprint density at radius 2 is 2.21 bits per heavy atom. The second kappa shape index (κ2) is 6.01. The van der Waals surface area contributed by atoms with Crippen LogP contribution in [0.4, 0.5) is 5.95 Å². The molecule has 0 fully saturated rings. The van der Waals surface area contributed by atoms with Gasteiger partial charge in [0.05, 0.1) is 17.9 Å². The van der Waals surface area contributed by atoms with Crippen LogP contribution < -0.4 is 11.1 Å². The van der Waals surface area contributed by atoms with Crippen molar-refractivity contribution in [1.29, 1.82) is 0 Å². The largest absolute Gasteiger partial charge is 0.323 e. The average molecular weight is 261 g/mol. The Bertz CT molecular complexity index is 539. The summed E-state index contributed by atoms with van der Waals surface area (Å²) in [5, 5.41) is 10.3. The quantitative estimate of drug-likeness (QED) is 0.790. The van der Waals surface area contributed by atoms with Gasteiger partial charge in [-0.05, 0) is 12.5 Å². The number of carbonyl (C=O) groups is 1. The van der Waals surface area contributed by atoms with Gasteiger partial charge in [-0.2, -0.15) is 0 Å². The lowest BCUT2D eigenvalue weighted by molar-refractivity contribution is -0.117. The van der Waals surface area contributed by atoms with Gasteiger partial charge in [-0.1, -0.05) is 12.1 Å². The molecule has 100 valence electrons. The fourth-order valence-corrected chi connectivity index (χ4v) is 1.44. The summed E-state index contributed by atoms with van der Waals surface area (Å²) in [5.41, 5.74) is 6.50. The van der Waals surface area contributed by atoms with Crippen LogP contribution in [0.15, 0.2) is 24.7 Å². The van der Waals surface area contributed by atoms with Crippen LogP contribution in [0.5, 0.6) is 0 Å². The van der Waals surface area contributed by atoms with Crippen LogP contribution >= 0.6 is 0 Å². The molecule has 2 aromatic heterocycles. The molecule has 2 heterocycles. The highest BCUT2D eigenvalue weighted by Gasteiger charge is 2.11. The first-order valence-electron chi connectivity index (χ1n) is 5.91. The Kier molecular flexibility index (Phi) is 4.14. The highest BCUT2D eigenvalue weighted by Crippen LogP contribution is 2.08. The van der Waals surface area contributed by atoms with Crippen molar-refractivity contribution in [3.05, 3.63) is 30.4 Å². The maximum atomic E-state index is 11.7.